The molecular formula is C32H37N5O3. The first kappa shape index (κ1) is 27.6. The molecule has 4 aliphatic rings. The van der Waals surface area contributed by atoms with Crippen LogP contribution in [0.4, 0.5) is 0 Å². The molecule has 208 valence electrons. The van der Waals surface area contributed by atoms with E-state index in [1.807, 2.05) is 30.0 Å². The summed E-state index contributed by atoms with van der Waals surface area (Å²) in [5, 5.41) is 3.35. The van der Waals surface area contributed by atoms with E-state index in [4.69, 9.17) is 9.47 Å². The number of ether oxygens (including phenoxy) is 2. The number of carbonyl (C=O) groups excluding carboxylic acids is 1. The van der Waals surface area contributed by atoms with Gasteiger partial charge in [0.2, 0.25) is 5.91 Å². The molecule has 0 saturated carbocycles. The number of aromatic nitrogens is 3. The van der Waals surface area contributed by atoms with Gasteiger partial charge in [0, 0.05) is 37.4 Å². The number of benzene rings is 1. The van der Waals surface area contributed by atoms with Crippen molar-refractivity contribution in [3.8, 4) is 35.7 Å². The van der Waals surface area contributed by atoms with Crippen molar-refractivity contribution < 1.29 is 14.3 Å². The fourth-order valence-electron chi connectivity index (χ4n) is 5.74. The fraction of sp³-hybridized carbons (Fsp3) is 0.438. The van der Waals surface area contributed by atoms with Gasteiger partial charge in [0.25, 0.3) is 5.88 Å². The van der Waals surface area contributed by atoms with Crippen molar-refractivity contribution in [2.45, 2.75) is 45.4 Å². The molecule has 3 aromatic rings. The Bertz CT molecular complexity index is 1360. The highest BCUT2D eigenvalue weighted by Crippen LogP contribution is 2.35. The number of amides is 1. The van der Waals surface area contributed by atoms with Crippen LogP contribution in [0.5, 0.6) is 11.6 Å². The number of piperidine rings is 1. The lowest BCUT2D eigenvalue weighted by Gasteiger charge is -2.48. The minimum atomic E-state index is 0.159. The van der Waals surface area contributed by atoms with E-state index in [2.05, 4.69) is 51.3 Å². The lowest BCUT2D eigenvalue weighted by molar-refractivity contribution is -0.133. The summed E-state index contributed by atoms with van der Waals surface area (Å²) in [6.07, 6.45) is 15.9. The van der Waals surface area contributed by atoms with Gasteiger partial charge in [0.1, 0.15) is 19.5 Å². The molecule has 3 aliphatic heterocycles. The Morgan fingerprint density at radius 3 is 2.52 bits per heavy atom. The number of carbonyl (C=O) groups is 1. The lowest BCUT2D eigenvalue weighted by atomic mass is 9.73. The van der Waals surface area contributed by atoms with Crippen LogP contribution in [0, 0.1) is 25.2 Å². The first-order valence-electron chi connectivity index (χ1n) is 14.1. The lowest BCUT2D eigenvalue weighted by Crippen LogP contribution is -2.58. The Balaban J connectivity index is 0.000000159. The van der Waals surface area contributed by atoms with E-state index in [0.29, 0.717) is 36.7 Å². The Kier molecular flexibility index (Phi) is 8.61. The van der Waals surface area contributed by atoms with Crippen LogP contribution in [0.3, 0.4) is 0 Å². The van der Waals surface area contributed by atoms with E-state index in [-0.39, 0.29) is 5.91 Å². The molecule has 8 nitrogen and oxygen atoms in total. The molecule has 0 atom stereocenters. The quantitative estimate of drug-likeness (QED) is 0.507. The predicted octanol–water partition coefficient (Wildman–Crippen LogP) is 3.80. The molecule has 0 bridgehead atoms. The number of nitrogens with zero attached hydrogens (tertiary/aromatic N) is 4. The molecule has 2 aromatic heterocycles. The highest BCUT2D eigenvalue weighted by Gasteiger charge is 2.40. The molecule has 1 spiro atoms. The summed E-state index contributed by atoms with van der Waals surface area (Å²) < 4.78 is 10.9. The summed E-state index contributed by atoms with van der Waals surface area (Å²) >= 11 is 0. The van der Waals surface area contributed by atoms with Crippen molar-refractivity contribution in [2.24, 2.45) is 5.41 Å². The van der Waals surface area contributed by atoms with Crippen molar-refractivity contribution in [3.63, 3.8) is 0 Å². The minimum Gasteiger partial charge on any atom is -0.484 e. The first-order chi connectivity index (χ1) is 19.6. The van der Waals surface area contributed by atoms with E-state index >= 15 is 0 Å². The van der Waals surface area contributed by atoms with Gasteiger partial charge in [0.15, 0.2) is 5.75 Å². The van der Waals surface area contributed by atoms with Gasteiger partial charge in [0.05, 0.1) is 17.8 Å². The summed E-state index contributed by atoms with van der Waals surface area (Å²) in [6, 6.07) is 12.4. The molecule has 7 rings (SSSR count). The number of likely N-dealkylation sites (tertiary alicyclic amines) is 1. The van der Waals surface area contributed by atoms with E-state index in [0.717, 1.165) is 56.1 Å². The monoisotopic (exact) mass is 539 g/mol. The van der Waals surface area contributed by atoms with Crippen LogP contribution in [0.25, 0.3) is 11.3 Å². The molecule has 1 aromatic carbocycles. The number of pyridine rings is 1. The molecule has 1 N–H and O–H groups in total. The third kappa shape index (κ3) is 6.26. The molecule has 2 fully saturated rings. The number of hydrogen-bond donors (Lipinski definition) is 1. The zero-order valence-electron chi connectivity index (χ0n) is 23.2. The normalized spacial score (nSPS) is 17.8. The Hall–Kier alpha value is -3.96. The topological polar surface area (TPSA) is 89.5 Å². The molecule has 0 radical (unpaired) electrons. The van der Waals surface area contributed by atoms with Crippen LogP contribution in [0.1, 0.15) is 41.8 Å². The second-order valence-electron chi connectivity index (χ2n) is 10.8. The summed E-state index contributed by atoms with van der Waals surface area (Å²) in [6.45, 7) is 7.02. The summed E-state index contributed by atoms with van der Waals surface area (Å²) in [7, 11) is 0. The van der Waals surface area contributed by atoms with Crippen molar-refractivity contribution in [1.29, 1.82) is 0 Å². The van der Waals surface area contributed by atoms with Crippen molar-refractivity contribution in [2.75, 3.05) is 39.4 Å². The van der Waals surface area contributed by atoms with Gasteiger partial charge < -0.3 is 19.7 Å². The van der Waals surface area contributed by atoms with Crippen LogP contribution >= 0.6 is 0 Å². The minimum absolute atomic E-state index is 0.159. The largest absolute Gasteiger partial charge is 0.484 e. The number of hydrogen-bond acceptors (Lipinski definition) is 7. The second-order valence-corrected chi connectivity index (χ2v) is 10.8. The first-order valence-corrected chi connectivity index (χ1v) is 14.1. The van der Waals surface area contributed by atoms with Gasteiger partial charge in [-0.05, 0) is 79.8 Å². The number of aryl methyl sites for hydroxylation is 3. The zero-order chi connectivity index (χ0) is 28.0. The Morgan fingerprint density at radius 1 is 1.00 bits per heavy atom. The van der Waals surface area contributed by atoms with Crippen molar-refractivity contribution >= 4 is 5.91 Å². The van der Waals surface area contributed by atoms with E-state index in [9.17, 15) is 4.79 Å². The highest BCUT2D eigenvalue weighted by atomic mass is 16.6. The van der Waals surface area contributed by atoms with E-state index < -0.39 is 0 Å². The molecule has 1 amide bonds. The molecule has 2 saturated heterocycles. The number of nitrogens with one attached hydrogen (secondary N) is 1. The average molecular weight is 540 g/mol. The number of terminal acetylenes is 1. The molecule has 40 heavy (non-hydrogen) atoms. The standard InChI is InChI=1S/C16H21N3O3.C14H14N2.C2H2/c20-14(19-5-3-16(4-6-19)10-17-11-16)9-12-1-2-13-15(18-12)22-8-7-21-13;1-10-7-14(16-9-15-10)13-6-5-11-3-2-4-12(11)8-13;1-2/h1-2,17H,3-11H2;5-9H,2-4H2,1H3;1-2H. The van der Waals surface area contributed by atoms with Crippen LogP contribution in [-0.2, 0) is 24.1 Å². The van der Waals surface area contributed by atoms with Crippen LogP contribution in [0.2, 0.25) is 0 Å². The third-order valence-corrected chi connectivity index (χ3v) is 8.17. The van der Waals surface area contributed by atoms with E-state index in [1.54, 1.807) is 6.33 Å². The van der Waals surface area contributed by atoms with Crippen LogP contribution in [-0.4, -0.2) is 65.2 Å². The van der Waals surface area contributed by atoms with Gasteiger partial charge in [-0.25, -0.2) is 15.0 Å². The maximum Gasteiger partial charge on any atom is 0.257 e. The Labute approximate surface area is 236 Å². The molecule has 0 unspecified atom stereocenters. The second kappa shape index (κ2) is 12.5. The SMILES string of the molecule is C#C.Cc1cc(-c2ccc3c(c2)CCC3)ncn1.O=C(Cc1ccc2c(n1)OCCO2)N1CCC2(CC1)CNC2. The van der Waals surface area contributed by atoms with Gasteiger partial charge in [-0.1, -0.05) is 12.1 Å². The molecular weight excluding hydrogens is 502 g/mol. The number of rotatable bonds is 3. The van der Waals surface area contributed by atoms with Gasteiger partial charge >= 0.3 is 0 Å². The smallest absolute Gasteiger partial charge is 0.257 e. The van der Waals surface area contributed by atoms with Crippen LogP contribution < -0.4 is 14.8 Å². The van der Waals surface area contributed by atoms with Gasteiger partial charge in [-0.2, -0.15) is 0 Å². The number of fused-ring (bicyclic) bond motifs is 2. The van der Waals surface area contributed by atoms with Crippen LogP contribution in [0.15, 0.2) is 42.7 Å². The van der Waals surface area contributed by atoms with Crippen molar-refractivity contribution in [1.82, 2.24) is 25.2 Å². The predicted molar refractivity (Wildman–Crippen MR) is 154 cm³/mol. The Morgan fingerprint density at radius 2 is 1.77 bits per heavy atom. The summed E-state index contributed by atoms with van der Waals surface area (Å²) in [4.78, 5) is 27.3. The van der Waals surface area contributed by atoms with E-state index in [1.165, 1.54) is 36.0 Å². The summed E-state index contributed by atoms with van der Waals surface area (Å²) in [5.74, 6) is 1.33. The average Bonchev–Trinajstić information content (AvgIpc) is 3.46. The molecule has 8 heteroatoms. The molecule has 5 heterocycles. The van der Waals surface area contributed by atoms with Gasteiger partial charge in [-0.15, -0.1) is 12.8 Å². The van der Waals surface area contributed by atoms with Gasteiger partial charge in [-0.3, -0.25) is 4.79 Å². The molecule has 1 aliphatic carbocycles. The third-order valence-electron chi connectivity index (χ3n) is 8.17. The summed E-state index contributed by atoms with van der Waals surface area (Å²) in [5.41, 5.74) is 7.48. The van der Waals surface area contributed by atoms with Crippen molar-refractivity contribution in [3.05, 3.63) is 65.2 Å². The zero-order valence-corrected chi connectivity index (χ0v) is 23.2. The maximum atomic E-state index is 12.5. The highest BCUT2D eigenvalue weighted by molar-refractivity contribution is 5.78. The maximum absolute atomic E-state index is 12.5. The fourth-order valence-corrected chi connectivity index (χ4v) is 5.74.